The fourth-order valence-electron chi connectivity index (χ4n) is 3.89. The zero-order valence-electron chi connectivity index (χ0n) is 20.8. The van der Waals surface area contributed by atoms with Crippen LogP contribution in [-0.4, -0.2) is 50.5 Å². The van der Waals surface area contributed by atoms with E-state index in [1.807, 2.05) is 13.0 Å². The third-order valence-corrected chi connectivity index (χ3v) is 7.36. The summed E-state index contributed by atoms with van der Waals surface area (Å²) in [6, 6.07) is 9.53. The van der Waals surface area contributed by atoms with Crippen molar-refractivity contribution in [3.8, 4) is 0 Å². The van der Waals surface area contributed by atoms with Gasteiger partial charge in [-0.2, -0.15) is 0 Å². The lowest BCUT2D eigenvalue weighted by Crippen LogP contribution is -2.52. The van der Waals surface area contributed by atoms with Crippen LogP contribution in [0.25, 0.3) is 0 Å². The van der Waals surface area contributed by atoms with Gasteiger partial charge in [-0.05, 0) is 55.5 Å². The molecule has 0 unspecified atom stereocenters. The molecule has 192 valence electrons. The van der Waals surface area contributed by atoms with Gasteiger partial charge < -0.3 is 10.2 Å². The van der Waals surface area contributed by atoms with Crippen LogP contribution in [0.4, 0.5) is 5.69 Å². The Morgan fingerprint density at radius 2 is 1.69 bits per heavy atom. The normalized spacial score (nSPS) is 12.2. The van der Waals surface area contributed by atoms with Crippen LogP contribution in [0.2, 0.25) is 10.0 Å². The van der Waals surface area contributed by atoms with Crippen LogP contribution in [0.1, 0.15) is 43.4 Å². The molecular weight excluding hydrogens is 509 g/mol. The molecule has 2 amide bonds. The summed E-state index contributed by atoms with van der Waals surface area (Å²) in [5, 5.41) is 3.65. The molecule has 0 aromatic heterocycles. The molecule has 0 heterocycles. The van der Waals surface area contributed by atoms with E-state index in [9.17, 15) is 18.0 Å². The van der Waals surface area contributed by atoms with Gasteiger partial charge in [0.05, 0.1) is 11.9 Å². The van der Waals surface area contributed by atoms with E-state index in [0.29, 0.717) is 34.3 Å². The number of halogens is 2. The molecule has 0 aliphatic carbocycles. The van der Waals surface area contributed by atoms with Crippen molar-refractivity contribution in [2.75, 3.05) is 23.7 Å². The van der Waals surface area contributed by atoms with Crippen LogP contribution in [0.15, 0.2) is 36.4 Å². The van der Waals surface area contributed by atoms with Gasteiger partial charge in [0.15, 0.2) is 0 Å². The second-order valence-electron chi connectivity index (χ2n) is 8.48. The van der Waals surface area contributed by atoms with Crippen LogP contribution in [0, 0.1) is 13.8 Å². The van der Waals surface area contributed by atoms with E-state index in [2.05, 4.69) is 5.32 Å². The SMILES string of the molecule is CCCNC(=O)[C@@H](CC)N(Cc1ccc(Cl)cc1Cl)C(=O)CN(c1c(C)cccc1C)S(C)(=O)=O. The first-order chi connectivity index (χ1) is 16.4. The first kappa shape index (κ1) is 28.9. The number of aryl methyl sites for hydroxylation is 2. The number of nitrogens with zero attached hydrogens (tertiary/aromatic N) is 2. The van der Waals surface area contributed by atoms with Crippen LogP contribution >= 0.6 is 23.2 Å². The number of anilines is 1. The lowest BCUT2D eigenvalue weighted by molar-refractivity contribution is -0.140. The highest BCUT2D eigenvalue weighted by Gasteiger charge is 2.32. The van der Waals surface area contributed by atoms with Gasteiger partial charge in [0.2, 0.25) is 21.8 Å². The summed E-state index contributed by atoms with van der Waals surface area (Å²) in [4.78, 5) is 28.1. The molecule has 35 heavy (non-hydrogen) atoms. The Kier molecular flexibility index (Phi) is 10.4. The molecule has 1 N–H and O–H groups in total. The largest absolute Gasteiger partial charge is 0.354 e. The summed E-state index contributed by atoms with van der Waals surface area (Å²) in [5.41, 5.74) is 2.51. The molecule has 0 radical (unpaired) electrons. The number of amides is 2. The van der Waals surface area contributed by atoms with Crippen LogP contribution < -0.4 is 9.62 Å². The van der Waals surface area contributed by atoms with Gasteiger partial charge in [0.1, 0.15) is 12.6 Å². The summed E-state index contributed by atoms with van der Waals surface area (Å²) >= 11 is 12.4. The molecule has 0 aliphatic heterocycles. The molecule has 2 aromatic rings. The Balaban J connectivity index is 2.52. The number of sulfonamides is 1. The van der Waals surface area contributed by atoms with Crippen molar-refractivity contribution in [3.05, 3.63) is 63.1 Å². The Morgan fingerprint density at radius 3 is 2.20 bits per heavy atom. The fourth-order valence-corrected chi connectivity index (χ4v) is 5.33. The van der Waals surface area contributed by atoms with Crippen molar-refractivity contribution >= 4 is 50.7 Å². The Labute approximate surface area is 218 Å². The highest BCUT2D eigenvalue weighted by atomic mass is 35.5. The summed E-state index contributed by atoms with van der Waals surface area (Å²) in [7, 11) is -3.80. The summed E-state index contributed by atoms with van der Waals surface area (Å²) in [6.45, 7) is 7.37. The van der Waals surface area contributed by atoms with Gasteiger partial charge in [0.25, 0.3) is 0 Å². The molecule has 0 saturated heterocycles. The van der Waals surface area contributed by atoms with Gasteiger partial charge in [-0.1, -0.05) is 61.3 Å². The minimum Gasteiger partial charge on any atom is -0.354 e. The fraction of sp³-hybridized carbons (Fsp3) is 0.440. The molecule has 0 aliphatic rings. The number of nitrogens with one attached hydrogen (secondary N) is 1. The topological polar surface area (TPSA) is 86.8 Å². The second kappa shape index (κ2) is 12.6. The predicted molar refractivity (Wildman–Crippen MR) is 142 cm³/mol. The smallest absolute Gasteiger partial charge is 0.244 e. The zero-order chi connectivity index (χ0) is 26.3. The predicted octanol–water partition coefficient (Wildman–Crippen LogP) is 4.71. The lowest BCUT2D eigenvalue weighted by atomic mass is 10.1. The maximum Gasteiger partial charge on any atom is 0.244 e. The van der Waals surface area contributed by atoms with E-state index < -0.39 is 28.5 Å². The van der Waals surface area contributed by atoms with Crippen molar-refractivity contribution in [3.63, 3.8) is 0 Å². The summed E-state index contributed by atoms with van der Waals surface area (Å²) < 4.78 is 26.7. The van der Waals surface area contributed by atoms with Crippen molar-refractivity contribution in [1.29, 1.82) is 0 Å². The summed E-state index contributed by atoms with van der Waals surface area (Å²) in [5.74, 6) is -0.812. The molecule has 2 rings (SSSR count). The Hall–Kier alpha value is -2.29. The summed E-state index contributed by atoms with van der Waals surface area (Å²) in [6.07, 6.45) is 2.15. The highest BCUT2D eigenvalue weighted by molar-refractivity contribution is 7.92. The average molecular weight is 543 g/mol. The number of benzene rings is 2. The third-order valence-electron chi connectivity index (χ3n) is 5.66. The van der Waals surface area contributed by atoms with E-state index >= 15 is 0 Å². The molecule has 7 nitrogen and oxygen atoms in total. The maximum absolute atomic E-state index is 13.7. The van der Waals surface area contributed by atoms with Crippen molar-refractivity contribution in [2.24, 2.45) is 0 Å². The van der Waals surface area contributed by atoms with E-state index in [4.69, 9.17) is 23.2 Å². The molecule has 0 bridgehead atoms. The van der Waals surface area contributed by atoms with Crippen molar-refractivity contribution in [2.45, 2.75) is 53.1 Å². The molecular formula is C25H33Cl2N3O4S. The Morgan fingerprint density at radius 1 is 1.06 bits per heavy atom. The number of hydrogen-bond acceptors (Lipinski definition) is 4. The molecule has 1 atom stereocenters. The van der Waals surface area contributed by atoms with Crippen LogP contribution in [0.5, 0.6) is 0 Å². The van der Waals surface area contributed by atoms with Crippen molar-refractivity contribution in [1.82, 2.24) is 10.2 Å². The lowest BCUT2D eigenvalue weighted by Gasteiger charge is -2.33. The molecule has 2 aromatic carbocycles. The minimum atomic E-state index is -3.80. The monoisotopic (exact) mass is 541 g/mol. The first-order valence-electron chi connectivity index (χ1n) is 11.5. The van der Waals surface area contributed by atoms with Gasteiger partial charge in [-0.15, -0.1) is 0 Å². The minimum absolute atomic E-state index is 0.0250. The quantitative estimate of drug-likeness (QED) is 0.446. The number of carbonyl (C=O) groups is 2. The third kappa shape index (κ3) is 7.59. The van der Waals surface area contributed by atoms with Crippen LogP contribution in [-0.2, 0) is 26.2 Å². The van der Waals surface area contributed by atoms with E-state index in [0.717, 1.165) is 28.1 Å². The zero-order valence-corrected chi connectivity index (χ0v) is 23.1. The van der Waals surface area contributed by atoms with Crippen LogP contribution in [0.3, 0.4) is 0 Å². The van der Waals surface area contributed by atoms with E-state index in [1.54, 1.807) is 51.1 Å². The average Bonchev–Trinajstić information content (AvgIpc) is 2.77. The maximum atomic E-state index is 13.7. The van der Waals surface area contributed by atoms with E-state index in [1.165, 1.54) is 4.90 Å². The van der Waals surface area contributed by atoms with Gasteiger partial charge in [0, 0.05) is 23.1 Å². The number of hydrogen-bond donors (Lipinski definition) is 1. The van der Waals surface area contributed by atoms with E-state index in [-0.39, 0.29) is 12.5 Å². The van der Waals surface area contributed by atoms with Crippen molar-refractivity contribution < 1.29 is 18.0 Å². The molecule has 0 fully saturated rings. The molecule has 0 spiro atoms. The molecule has 10 heteroatoms. The van der Waals surface area contributed by atoms with Gasteiger partial charge >= 0.3 is 0 Å². The second-order valence-corrected chi connectivity index (χ2v) is 11.2. The highest BCUT2D eigenvalue weighted by Crippen LogP contribution is 2.28. The first-order valence-corrected chi connectivity index (χ1v) is 14.1. The van der Waals surface area contributed by atoms with Gasteiger partial charge in [-0.3, -0.25) is 13.9 Å². The number of carbonyl (C=O) groups excluding carboxylic acids is 2. The van der Waals surface area contributed by atoms with Gasteiger partial charge in [-0.25, -0.2) is 8.42 Å². The number of rotatable bonds is 11. The standard InChI is InChI=1S/C25H33Cl2N3O4S/c1-6-13-28-25(32)22(7-2)29(15-19-11-12-20(26)14-21(19)27)23(31)16-30(35(5,33)34)24-17(3)9-8-10-18(24)4/h8-12,14,22H,6-7,13,15-16H2,1-5H3,(H,28,32)/t22-/m1/s1. The Bertz CT molecular complexity index is 1150. The molecule has 0 saturated carbocycles. The number of para-hydroxylation sites is 1.